The molecule has 0 amide bonds. The molecule has 0 bridgehead atoms. The van der Waals surface area contributed by atoms with Crippen LogP contribution in [0.15, 0.2) is 25.2 Å². The molecule has 0 spiro atoms. The summed E-state index contributed by atoms with van der Waals surface area (Å²) in [5.41, 5.74) is 0. The normalized spacial score (nSPS) is 18.8. The van der Waals surface area contributed by atoms with Crippen LogP contribution in [0.2, 0.25) is 0 Å². The molecule has 0 aromatic heterocycles. The summed E-state index contributed by atoms with van der Waals surface area (Å²) in [4.78, 5) is 4.38. The van der Waals surface area contributed by atoms with Gasteiger partial charge in [0, 0.05) is 18.9 Å². The summed E-state index contributed by atoms with van der Waals surface area (Å²) < 4.78 is 59.2. The first-order chi connectivity index (χ1) is 7.81. The van der Waals surface area contributed by atoms with Crippen LogP contribution in [0, 0.1) is 0 Å². The molecule has 0 aromatic carbocycles. The van der Waals surface area contributed by atoms with Crippen LogP contribution in [-0.4, -0.2) is 23.0 Å². The SMILES string of the molecule is C=CN1C=CN(CCCC)C1.F[P-](F)(F)(F)(F)F.[H+]. The van der Waals surface area contributed by atoms with Gasteiger partial charge in [-0.15, -0.1) is 0 Å². The maximum Gasteiger partial charge on any atom is 1.00 e. The summed E-state index contributed by atoms with van der Waals surface area (Å²) in [5.74, 6) is 0. The van der Waals surface area contributed by atoms with Gasteiger partial charge >= 0.3 is 34.4 Å². The Hall–Kier alpha value is -0.910. The van der Waals surface area contributed by atoms with Gasteiger partial charge in [0.15, 0.2) is 0 Å². The summed E-state index contributed by atoms with van der Waals surface area (Å²) in [6.07, 6.45) is 8.57. The average molecular weight is 298 g/mol. The van der Waals surface area contributed by atoms with Crippen LogP contribution in [-0.2, 0) is 0 Å². The zero-order chi connectivity index (χ0) is 14.5. The molecule has 110 valence electrons. The molecule has 0 radical (unpaired) electrons. The predicted molar refractivity (Wildman–Crippen MR) is 62.3 cm³/mol. The van der Waals surface area contributed by atoms with Crippen LogP contribution in [0.25, 0.3) is 0 Å². The van der Waals surface area contributed by atoms with Gasteiger partial charge in [0.25, 0.3) is 0 Å². The maximum absolute atomic E-state index is 10.7. The van der Waals surface area contributed by atoms with Gasteiger partial charge in [-0.1, -0.05) is 19.9 Å². The third kappa shape index (κ3) is 15.1. The van der Waals surface area contributed by atoms with Crippen molar-refractivity contribution in [3.8, 4) is 0 Å². The van der Waals surface area contributed by atoms with E-state index in [0.29, 0.717) is 0 Å². The van der Waals surface area contributed by atoms with Crippen molar-refractivity contribution in [1.82, 2.24) is 9.80 Å². The third-order valence-corrected chi connectivity index (χ3v) is 1.85. The van der Waals surface area contributed by atoms with E-state index >= 15 is 0 Å². The molecule has 0 aromatic rings. The largest absolute Gasteiger partial charge is 1.00 e. The van der Waals surface area contributed by atoms with Gasteiger partial charge in [-0.3, -0.25) is 0 Å². The van der Waals surface area contributed by atoms with Crippen molar-refractivity contribution in [2.45, 2.75) is 19.8 Å². The van der Waals surface area contributed by atoms with Gasteiger partial charge in [-0.05, 0) is 12.6 Å². The number of nitrogens with zero attached hydrogens (tertiary/aromatic N) is 2. The molecule has 0 aliphatic carbocycles. The van der Waals surface area contributed by atoms with E-state index in [1.165, 1.54) is 12.8 Å². The zero-order valence-electron chi connectivity index (χ0n) is 10.9. The molecule has 0 atom stereocenters. The van der Waals surface area contributed by atoms with E-state index in [4.69, 9.17) is 0 Å². The number of rotatable bonds is 4. The minimum absolute atomic E-state index is 0. The molecule has 0 unspecified atom stereocenters. The van der Waals surface area contributed by atoms with Crippen LogP contribution < -0.4 is 0 Å². The van der Waals surface area contributed by atoms with Gasteiger partial charge < -0.3 is 9.80 Å². The van der Waals surface area contributed by atoms with E-state index in [1.807, 2.05) is 6.20 Å². The molecule has 1 heterocycles. The van der Waals surface area contributed by atoms with E-state index in [0.717, 1.165) is 13.2 Å². The van der Waals surface area contributed by atoms with Crippen LogP contribution >= 0.6 is 7.81 Å². The van der Waals surface area contributed by atoms with Gasteiger partial charge in [0.1, 0.15) is 0 Å². The van der Waals surface area contributed by atoms with E-state index in [2.05, 4.69) is 35.7 Å². The Bertz CT molecular complexity index is 303. The number of unbranched alkanes of at least 4 members (excludes halogenated alkanes) is 1. The van der Waals surface area contributed by atoms with Gasteiger partial charge in [0.05, 0.1) is 6.67 Å². The van der Waals surface area contributed by atoms with E-state index in [9.17, 15) is 25.2 Å². The first-order valence-electron chi connectivity index (χ1n) is 5.19. The van der Waals surface area contributed by atoms with Gasteiger partial charge in [-0.2, -0.15) is 0 Å². The second kappa shape index (κ2) is 4.99. The Morgan fingerprint density at radius 1 is 1.22 bits per heavy atom. The van der Waals surface area contributed by atoms with Crippen LogP contribution in [0.5, 0.6) is 0 Å². The summed E-state index contributed by atoms with van der Waals surface area (Å²) >= 11 is 0. The third-order valence-electron chi connectivity index (χ3n) is 1.85. The Kier molecular flexibility index (Phi) is 4.74. The minimum atomic E-state index is -10.7. The molecule has 1 aliphatic heterocycles. The summed E-state index contributed by atoms with van der Waals surface area (Å²) in [5, 5.41) is 0. The molecule has 9 heteroatoms. The fraction of sp³-hybridized carbons (Fsp3) is 0.556. The summed E-state index contributed by atoms with van der Waals surface area (Å²) in [6.45, 7) is 8.06. The standard InChI is InChI=1S/C9H16N2.F6P/c1-3-5-6-11-8-7-10(4-2)9-11;1-7(2,3,4,5)6/h4,7-8H,2-3,5-6,9H2,1H3;/q;-1/p+1. The van der Waals surface area contributed by atoms with E-state index < -0.39 is 7.81 Å². The van der Waals surface area contributed by atoms with Crippen molar-refractivity contribution >= 4 is 7.81 Å². The smallest absolute Gasteiger partial charge is 1.00 e. The molecule has 1 rings (SSSR count). The zero-order valence-corrected chi connectivity index (χ0v) is 10.8. The van der Waals surface area contributed by atoms with Crippen molar-refractivity contribution < 1.29 is 26.6 Å². The first kappa shape index (κ1) is 17.1. The molecule has 2 nitrogen and oxygen atoms in total. The van der Waals surface area contributed by atoms with Crippen molar-refractivity contribution in [2.24, 2.45) is 0 Å². The van der Waals surface area contributed by atoms with E-state index in [1.54, 1.807) is 0 Å². The van der Waals surface area contributed by atoms with Crippen LogP contribution in [0.3, 0.4) is 0 Å². The monoisotopic (exact) mass is 298 g/mol. The van der Waals surface area contributed by atoms with Gasteiger partial charge in [-0.25, -0.2) is 0 Å². The second-order valence-electron chi connectivity index (χ2n) is 3.76. The number of hydrogen-bond acceptors (Lipinski definition) is 2. The fourth-order valence-corrected chi connectivity index (χ4v) is 1.11. The molecule has 1 aliphatic rings. The Morgan fingerprint density at radius 2 is 1.72 bits per heavy atom. The Balaban J connectivity index is 0. The number of halogens is 6. The van der Waals surface area contributed by atoms with Crippen LogP contribution in [0.4, 0.5) is 25.2 Å². The summed E-state index contributed by atoms with van der Waals surface area (Å²) in [6, 6.07) is 0. The van der Waals surface area contributed by atoms with Gasteiger partial charge in [0.2, 0.25) is 0 Å². The molecule has 18 heavy (non-hydrogen) atoms. The van der Waals surface area contributed by atoms with Crippen molar-refractivity contribution in [3.05, 3.63) is 25.2 Å². The molecule has 0 saturated carbocycles. The average Bonchev–Trinajstić information content (AvgIpc) is 2.57. The summed E-state index contributed by atoms with van der Waals surface area (Å²) in [7, 11) is -10.7. The minimum Gasteiger partial charge on any atom is 1.00 e. The van der Waals surface area contributed by atoms with Crippen molar-refractivity contribution in [3.63, 3.8) is 0 Å². The molecule has 0 N–H and O–H groups in total. The number of hydrogen-bond donors (Lipinski definition) is 0. The van der Waals surface area contributed by atoms with Crippen LogP contribution in [0.1, 0.15) is 21.2 Å². The second-order valence-corrected chi connectivity index (χ2v) is 5.68. The maximum atomic E-state index is 9.87. The Labute approximate surface area is 103 Å². The molecular weight excluding hydrogens is 281 g/mol. The Morgan fingerprint density at radius 3 is 2.06 bits per heavy atom. The molecule has 0 saturated heterocycles. The first-order valence-corrected chi connectivity index (χ1v) is 7.21. The molecule has 0 fully saturated rings. The topological polar surface area (TPSA) is 6.48 Å². The molecular formula is C9H17F6N2P. The van der Waals surface area contributed by atoms with E-state index in [-0.39, 0.29) is 1.43 Å². The predicted octanol–water partition coefficient (Wildman–Crippen LogP) is 5.47. The van der Waals surface area contributed by atoms with Crippen molar-refractivity contribution in [1.29, 1.82) is 0 Å². The fourth-order valence-electron chi connectivity index (χ4n) is 1.11. The van der Waals surface area contributed by atoms with Crippen molar-refractivity contribution in [2.75, 3.05) is 13.2 Å². The quantitative estimate of drug-likeness (QED) is 0.501.